The van der Waals surface area contributed by atoms with Gasteiger partial charge >= 0.3 is 0 Å². The van der Waals surface area contributed by atoms with E-state index in [1.54, 1.807) is 11.9 Å². The van der Waals surface area contributed by atoms with Gasteiger partial charge in [0.15, 0.2) is 0 Å². The van der Waals surface area contributed by atoms with Crippen molar-refractivity contribution < 1.29 is 9.90 Å². The molecule has 2 atom stereocenters. The second-order valence-corrected chi connectivity index (χ2v) is 4.86. The molecule has 92 valence electrons. The monoisotopic (exact) mass is 233 g/mol. The van der Waals surface area contributed by atoms with Crippen LogP contribution in [0, 0.1) is 0 Å². The number of rotatable bonds is 3. The van der Waals surface area contributed by atoms with Gasteiger partial charge < -0.3 is 10.0 Å². The van der Waals surface area contributed by atoms with Crippen LogP contribution in [-0.2, 0) is 5.54 Å². The Morgan fingerprint density at radius 1 is 1.41 bits per heavy atom. The molecule has 2 unspecified atom stereocenters. The van der Waals surface area contributed by atoms with Crippen molar-refractivity contribution in [1.29, 1.82) is 0 Å². The summed E-state index contributed by atoms with van der Waals surface area (Å²) >= 11 is 0. The van der Waals surface area contributed by atoms with Gasteiger partial charge in [0.05, 0.1) is 11.6 Å². The number of amides is 1. The van der Waals surface area contributed by atoms with Crippen LogP contribution in [0.15, 0.2) is 24.3 Å². The maximum Gasteiger partial charge on any atom is 0.254 e. The Morgan fingerprint density at radius 2 is 2.06 bits per heavy atom. The highest BCUT2D eigenvalue weighted by molar-refractivity contribution is 5.99. The Labute approximate surface area is 102 Å². The molecule has 0 saturated carbocycles. The molecule has 1 amide bonds. The van der Waals surface area contributed by atoms with Gasteiger partial charge in [-0.3, -0.25) is 4.79 Å². The first-order valence-corrected chi connectivity index (χ1v) is 6.09. The van der Waals surface area contributed by atoms with Crippen LogP contribution in [0.3, 0.4) is 0 Å². The molecule has 0 fully saturated rings. The zero-order chi connectivity index (χ0) is 12.6. The molecule has 1 aliphatic heterocycles. The minimum atomic E-state index is -0.594. The molecule has 3 nitrogen and oxygen atoms in total. The Hall–Kier alpha value is -1.35. The van der Waals surface area contributed by atoms with E-state index >= 15 is 0 Å². The minimum absolute atomic E-state index is 0.00162. The van der Waals surface area contributed by atoms with Crippen molar-refractivity contribution in [3.8, 4) is 0 Å². The standard InChI is InChI=1S/C14H19NO2/c1-4-7-12(16)14(2)11-9-6-5-8-10(11)13(17)15(14)3/h5-6,8-9,12,16H,4,7H2,1-3H3. The fourth-order valence-corrected chi connectivity index (χ4v) is 2.64. The summed E-state index contributed by atoms with van der Waals surface area (Å²) in [4.78, 5) is 13.8. The highest BCUT2D eigenvalue weighted by Gasteiger charge is 2.48. The number of carbonyl (C=O) groups is 1. The number of fused-ring (bicyclic) bond motifs is 1. The van der Waals surface area contributed by atoms with E-state index in [1.165, 1.54) is 0 Å². The predicted molar refractivity (Wildman–Crippen MR) is 66.8 cm³/mol. The van der Waals surface area contributed by atoms with E-state index in [0.717, 1.165) is 12.0 Å². The molecule has 2 rings (SSSR count). The van der Waals surface area contributed by atoms with Gasteiger partial charge in [-0.1, -0.05) is 31.5 Å². The fraction of sp³-hybridized carbons (Fsp3) is 0.500. The van der Waals surface area contributed by atoms with Crippen LogP contribution in [0.25, 0.3) is 0 Å². The van der Waals surface area contributed by atoms with E-state index in [2.05, 4.69) is 0 Å². The Bertz CT molecular complexity index is 444. The summed E-state index contributed by atoms with van der Waals surface area (Å²) in [5.74, 6) is -0.00162. The Balaban J connectivity index is 2.51. The van der Waals surface area contributed by atoms with Crippen molar-refractivity contribution in [3.05, 3.63) is 35.4 Å². The van der Waals surface area contributed by atoms with Gasteiger partial charge in [0, 0.05) is 12.6 Å². The van der Waals surface area contributed by atoms with Crippen LogP contribution >= 0.6 is 0 Å². The predicted octanol–water partition coefficient (Wildman–Crippen LogP) is 2.15. The second-order valence-electron chi connectivity index (χ2n) is 4.86. The topological polar surface area (TPSA) is 40.5 Å². The summed E-state index contributed by atoms with van der Waals surface area (Å²) in [6.45, 7) is 3.98. The molecule has 17 heavy (non-hydrogen) atoms. The summed E-state index contributed by atoms with van der Waals surface area (Å²) in [5, 5.41) is 10.3. The van der Waals surface area contributed by atoms with Gasteiger partial charge in [-0.25, -0.2) is 0 Å². The van der Waals surface area contributed by atoms with Gasteiger partial charge in [0.25, 0.3) is 5.91 Å². The second kappa shape index (κ2) is 4.15. The molecular weight excluding hydrogens is 214 g/mol. The summed E-state index contributed by atoms with van der Waals surface area (Å²) in [5.41, 5.74) is 1.06. The van der Waals surface area contributed by atoms with Crippen molar-refractivity contribution in [2.75, 3.05) is 7.05 Å². The summed E-state index contributed by atoms with van der Waals surface area (Å²) < 4.78 is 0. The largest absolute Gasteiger partial charge is 0.390 e. The highest BCUT2D eigenvalue weighted by atomic mass is 16.3. The third kappa shape index (κ3) is 1.57. The van der Waals surface area contributed by atoms with Crippen LogP contribution in [-0.4, -0.2) is 29.1 Å². The van der Waals surface area contributed by atoms with Crippen LogP contribution in [0.4, 0.5) is 0 Å². The molecule has 0 spiro atoms. The maximum absolute atomic E-state index is 12.1. The maximum atomic E-state index is 12.1. The van der Waals surface area contributed by atoms with E-state index in [0.29, 0.717) is 12.0 Å². The molecule has 0 aliphatic carbocycles. The van der Waals surface area contributed by atoms with Gasteiger partial charge in [-0.2, -0.15) is 0 Å². The van der Waals surface area contributed by atoms with E-state index in [4.69, 9.17) is 0 Å². The molecule has 3 heteroatoms. The minimum Gasteiger partial charge on any atom is -0.390 e. The third-order valence-corrected chi connectivity index (χ3v) is 3.92. The zero-order valence-corrected chi connectivity index (χ0v) is 10.6. The number of likely N-dealkylation sites (N-methyl/N-ethyl adjacent to an activating group) is 1. The molecular formula is C14H19NO2. The van der Waals surface area contributed by atoms with Gasteiger partial charge in [-0.15, -0.1) is 0 Å². The van der Waals surface area contributed by atoms with Crippen molar-refractivity contribution in [3.63, 3.8) is 0 Å². The Kier molecular flexibility index (Phi) is 2.96. The molecule has 1 aromatic rings. The summed E-state index contributed by atoms with van der Waals surface area (Å²) in [7, 11) is 1.77. The van der Waals surface area contributed by atoms with E-state index in [9.17, 15) is 9.90 Å². The average molecular weight is 233 g/mol. The lowest BCUT2D eigenvalue weighted by molar-refractivity contribution is -0.0000560. The quantitative estimate of drug-likeness (QED) is 0.869. The van der Waals surface area contributed by atoms with Crippen LogP contribution in [0.5, 0.6) is 0 Å². The Morgan fingerprint density at radius 3 is 2.71 bits per heavy atom. The number of hydrogen-bond donors (Lipinski definition) is 1. The zero-order valence-electron chi connectivity index (χ0n) is 10.6. The first-order valence-electron chi connectivity index (χ1n) is 6.09. The number of hydrogen-bond acceptors (Lipinski definition) is 2. The molecule has 0 bridgehead atoms. The molecule has 1 aromatic carbocycles. The van der Waals surface area contributed by atoms with Gasteiger partial charge in [0.2, 0.25) is 0 Å². The average Bonchev–Trinajstić information content (AvgIpc) is 2.54. The number of carbonyl (C=O) groups excluding carboxylic acids is 1. The first-order chi connectivity index (χ1) is 8.03. The first kappa shape index (κ1) is 12.1. The summed E-state index contributed by atoms with van der Waals surface area (Å²) in [6, 6.07) is 7.55. The van der Waals surface area contributed by atoms with Crippen molar-refractivity contribution in [2.45, 2.75) is 38.3 Å². The lowest BCUT2D eigenvalue weighted by Crippen LogP contribution is -2.47. The van der Waals surface area contributed by atoms with Gasteiger partial charge in [0.1, 0.15) is 0 Å². The molecule has 1 N–H and O–H groups in total. The SMILES string of the molecule is CCCC(O)C1(C)c2ccccc2C(=O)N1C. The normalized spacial score (nSPS) is 24.9. The third-order valence-electron chi connectivity index (χ3n) is 3.92. The van der Waals surface area contributed by atoms with Crippen LogP contribution in [0.1, 0.15) is 42.6 Å². The fourth-order valence-electron chi connectivity index (χ4n) is 2.64. The molecule has 0 radical (unpaired) electrons. The van der Waals surface area contributed by atoms with Crippen LogP contribution < -0.4 is 0 Å². The smallest absolute Gasteiger partial charge is 0.254 e. The lowest BCUT2D eigenvalue weighted by Gasteiger charge is -2.37. The molecule has 1 aliphatic rings. The number of nitrogens with zero attached hydrogens (tertiary/aromatic N) is 1. The molecule has 0 saturated heterocycles. The van der Waals surface area contributed by atoms with E-state index in [1.807, 2.05) is 38.1 Å². The van der Waals surface area contributed by atoms with Crippen molar-refractivity contribution in [1.82, 2.24) is 4.90 Å². The van der Waals surface area contributed by atoms with E-state index in [-0.39, 0.29) is 5.91 Å². The number of aliphatic hydroxyl groups is 1. The van der Waals surface area contributed by atoms with Crippen molar-refractivity contribution >= 4 is 5.91 Å². The highest BCUT2D eigenvalue weighted by Crippen LogP contribution is 2.41. The van der Waals surface area contributed by atoms with Crippen molar-refractivity contribution in [2.24, 2.45) is 0 Å². The van der Waals surface area contributed by atoms with Gasteiger partial charge in [-0.05, 0) is 25.0 Å². The summed E-state index contributed by atoms with van der Waals surface area (Å²) in [6.07, 6.45) is 1.08. The number of aliphatic hydroxyl groups excluding tert-OH is 1. The molecule has 1 heterocycles. The lowest BCUT2D eigenvalue weighted by atomic mass is 9.84. The van der Waals surface area contributed by atoms with Crippen LogP contribution in [0.2, 0.25) is 0 Å². The molecule has 0 aromatic heterocycles. The number of benzene rings is 1. The van der Waals surface area contributed by atoms with E-state index < -0.39 is 11.6 Å².